The summed E-state index contributed by atoms with van der Waals surface area (Å²) < 4.78 is 10.3. The molecule has 0 fully saturated rings. The minimum atomic E-state index is -0.740. The average Bonchev–Trinajstić information content (AvgIpc) is 3.24. The highest BCUT2D eigenvalue weighted by molar-refractivity contribution is 8.00. The van der Waals surface area contributed by atoms with Gasteiger partial charge in [-0.2, -0.15) is 11.8 Å². The van der Waals surface area contributed by atoms with E-state index >= 15 is 0 Å². The second kappa shape index (κ2) is 24.1. The van der Waals surface area contributed by atoms with Gasteiger partial charge in [-0.05, 0) is 73.8 Å². The molecule has 59 heavy (non-hydrogen) atoms. The number of benzene rings is 4. The Morgan fingerprint density at radius 3 is 1.71 bits per heavy atom. The Hall–Kier alpha value is -4.29. The predicted molar refractivity (Wildman–Crippen MR) is 245 cm³/mol. The van der Waals surface area contributed by atoms with Crippen molar-refractivity contribution in [1.82, 2.24) is 21.3 Å². The van der Waals surface area contributed by atoms with E-state index < -0.39 is 34.5 Å². The number of methoxy groups -OCH3 is 1. The topological polar surface area (TPSA) is 118 Å². The van der Waals surface area contributed by atoms with Gasteiger partial charge >= 0.3 is 12.1 Å². The summed E-state index contributed by atoms with van der Waals surface area (Å²) in [6, 6.07) is 39.7. The monoisotopic (exact) mass is 840 g/mol. The van der Waals surface area contributed by atoms with Crippen LogP contribution in [0.15, 0.2) is 121 Å². The maximum absolute atomic E-state index is 14.0. The summed E-state index contributed by atoms with van der Waals surface area (Å²) in [5.74, 6) is 0.765. The molecule has 318 valence electrons. The largest absolute Gasteiger partial charge is 0.467 e. The minimum absolute atomic E-state index is 0.0611. The van der Waals surface area contributed by atoms with Crippen LogP contribution in [-0.4, -0.2) is 85.7 Å². The first-order valence-corrected chi connectivity index (χ1v) is 23.0. The van der Waals surface area contributed by atoms with Crippen molar-refractivity contribution in [3.63, 3.8) is 0 Å². The predicted octanol–water partition coefficient (Wildman–Crippen LogP) is 8.22. The maximum Gasteiger partial charge on any atom is 0.407 e. The molecule has 9 nitrogen and oxygen atoms in total. The molecule has 0 aromatic heterocycles. The Balaban J connectivity index is 1.62. The summed E-state index contributed by atoms with van der Waals surface area (Å²) in [7, 11) is 1.34. The normalized spacial score (nSPS) is 14.3. The molecule has 4 rings (SSSR count). The second-order valence-corrected chi connectivity index (χ2v) is 18.1. The molecule has 4 aromatic rings. The lowest BCUT2D eigenvalue weighted by Gasteiger charge is -2.37. The molecule has 5 atom stereocenters. The van der Waals surface area contributed by atoms with E-state index in [1.165, 1.54) is 7.11 Å². The third-order valence-electron chi connectivity index (χ3n) is 10.3. The number of thioether (sulfide) groups is 2. The molecule has 0 aliphatic carbocycles. The lowest BCUT2D eigenvalue weighted by Crippen LogP contribution is -2.56. The summed E-state index contributed by atoms with van der Waals surface area (Å²) in [4.78, 5) is 40.1. The Kier molecular flexibility index (Phi) is 19.3. The molecule has 0 bridgehead atoms. The lowest BCUT2D eigenvalue weighted by atomic mass is 9.84. The SMILES string of the molecule is CCC(C)[C@@H](CN[C@@H](Cc1ccccc1)C(=O)N[C@@H](CCSC)C(=O)OC)NC[C@H](CSC(c1ccccc1)(c1ccccc1)c1ccccc1)NC(=O)OC(C)(C)C. The van der Waals surface area contributed by atoms with Gasteiger partial charge in [-0.1, -0.05) is 142 Å². The summed E-state index contributed by atoms with van der Waals surface area (Å²) in [5.41, 5.74) is 3.75. The minimum Gasteiger partial charge on any atom is -0.467 e. The molecular formula is C48H64N4O5S2. The first kappa shape index (κ1) is 47.4. The molecule has 0 saturated carbocycles. The number of hydrogen-bond donors (Lipinski definition) is 4. The molecule has 11 heteroatoms. The summed E-state index contributed by atoms with van der Waals surface area (Å²) >= 11 is 3.39. The molecule has 1 unspecified atom stereocenters. The van der Waals surface area contributed by atoms with E-state index in [9.17, 15) is 14.4 Å². The summed E-state index contributed by atoms with van der Waals surface area (Å²) in [5, 5.41) is 13.5. The van der Waals surface area contributed by atoms with Gasteiger partial charge in [-0.3, -0.25) is 4.79 Å². The first-order chi connectivity index (χ1) is 28.4. The van der Waals surface area contributed by atoms with E-state index in [4.69, 9.17) is 9.47 Å². The van der Waals surface area contributed by atoms with Gasteiger partial charge in [-0.25, -0.2) is 9.59 Å². The zero-order valence-electron chi connectivity index (χ0n) is 35.7. The van der Waals surface area contributed by atoms with Gasteiger partial charge < -0.3 is 30.7 Å². The van der Waals surface area contributed by atoms with Crippen LogP contribution in [-0.2, 0) is 30.2 Å². The van der Waals surface area contributed by atoms with Crippen molar-refractivity contribution in [2.75, 3.05) is 38.0 Å². The number of alkyl carbamates (subject to hydrolysis) is 1. The first-order valence-electron chi connectivity index (χ1n) is 20.6. The highest BCUT2D eigenvalue weighted by Gasteiger charge is 2.38. The quantitative estimate of drug-likeness (QED) is 0.0433. The van der Waals surface area contributed by atoms with Crippen LogP contribution < -0.4 is 21.3 Å². The number of carbonyl (C=O) groups excluding carboxylic acids is 3. The van der Waals surface area contributed by atoms with Crippen LogP contribution in [0.2, 0.25) is 0 Å². The fraction of sp³-hybridized carbons (Fsp3) is 0.438. The van der Waals surface area contributed by atoms with E-state index in [0.29, 0.717) is 37.4 Å². The number of ether oxygens (including phenoxy) is 2. The number of esters is 1. The number of nitrogens with one attached hydrogen (secondary N) is 4. The van der Waals surface area contributed by atoms with Gasteiger partial charge in [-0.15, -0.1) is 11.8 Å². The van der Waals surface area contributed by atoms with Gasteiger partial charge in [0.15, 0.2) is 0 Å². The van der Waals surface area contributed by atoms with Gasteiger partial charge in [0.25, 0.3) is 0 Å². The van der Waals surface area contributed by atoms with Crippen molar-refractivity contribution in [2.24, 2.45) is 5.92 Å². The molecule has 0 spiro atoms. The van der Waals surface area contributed by atoms with E-state index in [1.54, 1.807) is 23.5 Å². The molecule has 0 aliphatic heterocycles. The molecule has 4 N–H and O–H groups in total. The smallest absolute Gasteiger partial charge is 0.407 e. The van der Waals surface area contributed by atoms with Gasteiger partial charge in [0.2, 0.25) is 5.91 Å². The maximum atomic E-state index is 14.0. The Bertz CT molecular complexity index is 1730. The van der Waals surface area contributed by atoms with Crippen LogP contribution in [0.3, 0.4) is 0 Å². The van der Waals surface area contributed by atoms with Crippen LogP contribution in [0.1, 0.15) is 69.7 Å². The summed E-state index contributed by atoms with van der Waals surface area (Å²) in [6.45, 7) is 10.9. The van der Waals surface area contributed by atoms with Crippen LogP contribution in [0.4, 0.5) is 4.79 Å². The van der Waals surface area contributed by atoms with Crippen molar-refractivity contribution in [3.8, 4) is 0 Å². The van der Waals surface area contributed by atoms with Crippen molar-refractivity contribution in [1.29, 1.82) is 0 Å². The van der Waals surface area contributed by atoms with Crippen LogP contribution in [0, 0.1) is 5.92 Å². The molecule has 0 saturated heterocycles. The van der Waals surface area contributed by atoms with E-state index in [1.807, 2.05) is 75.6 Å². The highest BCUT2D eigenvalue weighted by atomic mass is 32.2. The Morgan fingerprint density at radius 1 is 0.712 bits per heavy atom. The molecular weight excluding hydrogens is 777 g/mol. The third kappa shape index (κ3) is 14.7. The Labute approximate surface area is 361 Å². The van der Waals surface area contributed by atoms with E-state index in [-0.39, 0.29) is 23.9 Å². The van der Waals surface area contributed by atoms with E-state index in [0.717, 1.165) is 28.7 Å². The average molecular weight is 841 g/mol. The molecule has 0 heterocycles. The van der Waals surface area contributed by atoms with Gasteiger partial charge in [0.1, 0.15) is 11.6 Å². The fourth-order valence-electron chi connectivity index (χ4n) is 6.95. The van der Waals surface area contributed by atoms with Crippen LogP contribution >= 0.6 is 23.5 Å². The van der Waals surface area contributed by atoms with Crippen molar-refractivity contribution in [3.05, 3.63) is 144 Å². The van der Waals surface area contributed by atoms with Crippen LogP contribution in [0.5, 0.6) is 0 Å². The highest BCUT2D eigenvalue weighted by Crippen LogP contribution is 2.48. The molecule has 2 amide bonds. The molecule has 0 radical (unpaired) electrons. The summed E-state index contributed by atoms with van der Waals surface area (Å²) in [6.07, 6.45) is 3.30. The number of rotatable bonds is 23. The number of amides is 2. The van der Waals surface area contributed by atoms with E-state index in [2.05, 4.69) is 108 Å². The molecule has 0 aliphatic rings. The number of carbonyl (C=O) groups is 3. The third-order valence-corrected chi connectivity index (χ3v) is 12.7. The second-order valence-electron chi connectivity index (χ2n) is 15.9. The Morgan fingerprint density at radius 2 is 1.24 bits per heavy atom. The van der Waals surface area contributed by atoms with Crippen LogP contribution in [0.25, 0.3) is 0 Å². The van der Waals surface area contributed by atoms with Gasteiger partial charge in [0, 0.05) is 24.9 Å². The zero-order chi connectivity index (χ0) is 42.7. The van der Waals surface area contributed by atoms with Crippen molar-refractivity contribution < 1.29 is 23.9 Å². The fourth-order valence-corrected chi connectivity index (χ4v) is 8.98. The number of hydrogen-bond acceptors (Lipinski definition) is 9. The van der Waals surface area contributed by atoms with Crippen molar-refractivity contribution in [2.45, 2.75) is 88.4 Å². The lowest BCUT2D eigenvalue weighted by molar-refractivity contribution is -0.145. The zero-order valence-corrected chi connectivity index (χ0v) is 37.4. The van der Waals surface area contributed by atoms with Crippen molar-refractivity contribution >= 4 is 41.5 Å². The molecule has 4 aromatic carbocycles. The standard InChI is InChI=1S/C48H64N4O5S2/c1-8-35(2)43(33-50-42(31-36-21-13-9-14-22-36)44(53)52-41(29-30-58-7)45(54)56-6)49-32-40(51-46(55)57-47(3,4)5)34-59-48(37-23-15-10-16-24-37,38-25-17-11-18-26-38)39-27-19-12-20-28-39/h9-28,35,40-43,49-50H,8,29-34H2,1-7H3,(H,51,55)(H,52,53)/t35?,40-,41+,42+,43-/m1/s1. The van der Waals surface area contributed by atoms with Gasteiger partial charge in [0.05, 0.1) is 23.9 Å².